The smallest absolute Gasteiger partial charge is 0.306 e. The number of carboxylic acid groups (broad SMARTS) is 1. The highest BCUT2D eigenvalue weighted by Gasteiger charge is 2.27. The molecule has 5 heteroatoms. The van der Waals surface area contributed by atoms with Gasteiger partial charge in [0.05, 0.1) is 12.1 Å². The van der Waals surface area contributed by atoms with Gasteiger partial charge < -0.3 is 9.84 Å². The molecule has 1 aromatic rings. The summed E-state index contributed by atoms with van der Waals surface area (Å²) in [6.07, 6.45) is 4.85. The zero-order valence-electron chi connectivity index (χ0n) is 9.30. The number of carboxylic acids is 1. The normalized spacial score (nSPS) is 25.3. The first-order valence-corrected chi connectivity index (χ1v) is 5.54. The fourth-order valence-corrected chi connectivity index (χ4v) is 2.08. The lowest BCUT2D eigenvalue weighted by molar-refractivity contribution is -0.143. The molecule has 1 aliphatic carbocycles. The number of hydrogen-bond acceptors (Lipinski definition) is 3. The second-order valence-corrected chi connectivity index (χ2v) is 4.22. The van der Waals surface area contributed by atoms with Crippen molar-refractivity contribution in [1.82, 2.24) is 9.78 Å². The van der Waals surface area contributed by atoms with Gasteiger partial charge in [-0.25, -0.2) is 4.68 Å². The molecule has 1 aliphatic rings. The van der Waals surface area contributed by atoms with E-state index in [9.17, 15) is 4.79 Å². The molecule has 0 atom stereocenters. The van der Waals surface area contributed by atoms with E-state index < -0.39 is 5.97 Å². The van der Waals surface area contributed by atoms with Crippen molar-refractivity contribution < 1.29 is 14.6 Å². The van der Waals surface area contributed by atoms with Crippen LogP contribution in [-0.2, 0) is 11.8 Å². The maximum atomic E-state index is 10.8. The Balaban J connectivity index is 1.86. The first-order chi connectivity index (χ1) is 7.66. The molecule has 1 heterocycles. The minimum Gasteiger partial charge on any atom is -0.481 e. The zero-order chi connectivity index (χ0) is 11.5. The van der Waals surface area contributed by atoms with Gasteiger partial charge in [0.1, 0.15) is 6.10 Å². The molecule has 1 aromatic heterocycles. The molecule has 5 nitrogen and oxygen atoms in total. The van der Waals surface area contributed by atoms with E-state index in [0.717, 1.165) is 18.7 Å². The van der Waals surface area contributed by atoms with E-state index in [1.165, 1.54) is 0 Å². The zero-order valence-corrected chi connectivity index (χ0v) is 9.30. The molecule has 1 saturated carbocycles. The fraction of sp³-hybridized carbons (Fsp3) is 0.636. The molecule has 0 aliphatic heterocycles. The standard InChI is InChI=1S/C11H16N2O3/c1-13-10(6-7-12-13)16-9-4-2-8(3-5-9)11(14)15/h6-9H,2-5H2,1H3,(H,14,15)/t8-,9-. The first-order valence-electron chi connectivity index (χ1n) is 5.54. The molecule has 0 bridgehead atoms. The second kappa shape index (κ2) is 4.55. The van der Waals surface area contributed by atoms with E-state index in [4.69, 9.17) is 9.84 Å². The minimum atomic E-state index is -0.681. The Bertz CT molecular complexity index is 367. The molecule has 88 valence electrons. The van der Waals surface area contributed by atoms with Gasteiger partial charge in [-0.3, -0.25) is 4.79 Å². The van der Waals surface area contributed by atoms with Gasteiger partial charge in [0.25, 0.3) is 0 Å². The Morgan fingerprint density at radius 2 is 2.19 bits per heavy atom. The van der Waals surface area contributed by atoms with E-state index in [1.807, 2.05) is 13.1 Å². The average Bonchev–Trinajstić information content (AvgIpc) is 2.65. The second-order valence-electron chi connectivity index (χ2n) is 4.22. The third kappa shape index (κ3) is 2.35. The topological polar surface area (TPSA) is 64.4 Å². The van der Waals surface area contributed by atoms with Gasteiger partial charge in [0, 0.05) is 13.1 Å². The molecular weight excluding hydrogens is 208 g/mol. The summed E-state index contributed by atoms with van der Waals surface area (Å²) in [4.78, 5) is 10.8. The molecule has 2 rings (SSSR count). The minimum absolute atomic E-state index is 0.131. The van der Waals surface area contributed by atoms with Crippen molar-refractivity contribution in [1.29, 1.82) is 0 Å². The van der Waals surface area contributed by atoms with Crippen molar-refractivity contribution in [2.45, 2.75) is 31.8 Å². The van der Waals surface area contributed by atoms with Crippen LogP contribution in [0.3, 0.4) is 0 Å². The highest BCUT2D eigenvalue weighted by molar-refractivity contribution is 5.70. The molecule has 1 fully saturated rings. The van der Waals surface area contributed by atoms with Gasteiger partial charge in [-0.2, -0.15) is 5.10 Å². The molecule has 1 N–H and O–H groups in total. The summed E-state index contributed by atoms with van der Waals surface area (Å²) in [7, 11) is 1.83. The summed E-state index contributed by atoms with van der Waals surface area (Å²) in [5, 5.41) is 12.9. The Kier molecular flexibility index (Phi) is 3.12. The maximum Gasteiger partial charge on any atom is 0.306 e. The Morgan fingerprint density at radius 1 is 1.50 bits per heavy atom. The highest BCUT2D eigenvalue weighted by Crippen LogP contribution is 2.27. The number of aromatic nitrogens is 2. The summed E-state index contributed by atoms with van der Waals surface area (Å²) >= 11 is 0. The van der Waals surface area contributed by atoms with Crippen LogP contribution in [0, 0.1) is 5.92 Å². The molecule has 16 heavy (non-hydrogen) atoms. The van der Waals surface area contributed by atoms with Gasteiger partial charge in [-0.15, -0.1) is 0 Å². The van der Waals surface area contributed by atoms with Crippen molar-refractivity contribution >= 4 is 5.97 Å². The number of aliphatic carboxylic acids is 1. The molecule has 0 aromatic carbocycles. The molecule has 0 radical (unpaired) electrons. The van der Waals surface area contributed by atoms with Gasteiger partial charge in [-0.05, 0) is 25.7 Å². The van der Waals surface area contributed by atoms with Crippen molar-refractivity contribution in [3.8, 4) is 5.88 Å². The summed E-state index contributed by atoms with van der Waals surface area (Å²) < 4.78 is 7.45. The lowest BCUT2D eigenvalue weighted by Crippen LogP contribution is -2.28. The number of hydrogen-bond donors (Lipinski definition) is 1. The van der Waals surface area contributed by atoms with Crippen LogP contribution in [0.1, 0.15) is 25.7 Å². The Morgan fingerprint density at radius 3 is 2.69 bits per heavy atom. The molecule has 0 saturated heterocycles. The number of aryl methyl sites for hydroxylation is 1. The predicted molar refractivity (Wildman–Crippen MR) is 57.2 cm³/mol. The van der Waals surface area contributed by atoms with Crippen LogP contribution in [0.25, 0.3) is 0 Å². The van der Waals surface area contributed by atoms with Gasteiger partial charge in [-0.1, -0.05) is 0 Å². The van der Waals surface area contributed by atoms with Crippen LogP contribution in [0.2, 0.25) is 0 Å². The Hall–Kier alpha value is -1.52. The lowest BCUT2D eigenvalue weighted by Gasteiger charge is -2.26. The number of rotatable bonds is 3. The third-order valence-corrected chi connectivity index (χ3v) is 3.09. The monoisotopic (exact) mass is 224 g/mol. The lowest BCUT2D eigenvalue weighted by atomic mass is 9.87. The van der Waals surface area contributed by atoms with Gasteiger partial charge in [0.15, 0.2) is 0 Å². The van der Waals surface area contributed by atoms with Gasteiger partial charge in [0.2, 0.25) is 5.88 Å². The largest absolute Gasteiger partial charge is 0.481 e. The van der Waals surface area contributed by atoms with Crippen molar-refractivity contribution in [3.05, 3.63) is 12.3 Å². The fourth-order valence-electron chi connectivity index (χ4n) is 2.08. The van der Waals surface area contributed by atoms with Crippen LogP contribution in [0.15, 0.2) is 12.3 Å². The van der Waals surface area contributed by atoms with E-state index in [0.29, 0.717) is 12.8 Å². The van der Waals surface area contributed by atoms with Crippen LogP contribution >= 0.6 is 0 Å². The van der Waals surface area contributed by atoms with E-state index >= 15 is 0 Å². The molecule has 0 spiro atoms. The van der Waals surface area contributed by atoms with Crippen LogP contribution < -0.4 is 4.74 Å². The average molecular weight is 224 g/mol. The van der Waals surface area contributed by atoms with E-state index in [1.54, 1.807) is 10.9 Å². The molecule has 0 unspecified atom stereocenters. The van der Waals surface area contributed by atoms with Crippen molar-refractivity contribution in [3.63, 3.8) is 0 Å². The first kappa shape index (κ1) is 11.0. The number of nitrogens with zero attached hydrogens (tertiary/aromatic N) is 2. The van der Waals surface area contributed by atoms with Crippen LogP contribution in [-0.4, -0.2) is 27.0 Å². The summed E-state index contributed by atoms with van der Waals surface area (Å²) in [6.45, 7) is 0. The third-order valence-electron chi connectivity index (χ3n) is 3.09. The Labute approximate surface area is 94.0 Å². The number of carbonyl (C=O) groups is 1. The van der Waals surface area contributed by atoms with E-state index in [-0.39, 0.29) is 12.0 Å². The van der Waals surface area contributed by atoms with Crippen molar-refractivity contribution in [2.75, 3.05) is 0 Å². The predicted octanol–water partition coefficient (Wildman–Crippen LogP) is 1.44. The maximum absolute atomic E-state index is 10.8. The SMILES string of the molecule is Cn1nccc1O[C@H]1CC[C@H](C(=O)O)CC1. The quantitative estimate of drug-likeness (QED) is 0.843. The van der Waals surface area contributed by atoms with Gasteiger partial charge >= 0.3 is 5.97 Å². The summed E-state index contributed by atoms with van der Waals surface area (Å²) in [5.74, 6) is -0.121. The summed E-state index contributed by atoms with van der Waals surface area (Å²) in [6, 6.07) is 1.82. The van der Waals surface area contributed by atoms with Crippen LogP contribution in [0.4, 0.5) is 0 Å². The molecular formula is C11H16N2O3. The van der Waals surface area contributed by atoms with Crippen molar-refractivity contribution in [2.24, 2.45) is 13.0 Å². The summed E-state index contributed by atoms with van der Waals surface area (Å²) in [5.41, 5.74) is 0. The molecule has 0 amide bonds. The highest BCUT2D eigenvalue weighted by atomic mass is 16.5. The van der Waals surface area contributed by atoms with Crippen LogP contribution in [0.5, 0.6) is 5.88 Å². The number of ether oxygens (including phenoxy) is 1. The van der Waals surface area contributed by atoms with E-state index in [2.05, 4.69) is 5.10 Å².